The van der Waals surface area contributed by atoms with Gasteiger partial charge >= 0.3 is 0 Å². The number of hydrogen-bond acceptors (Lipinski definition) is 2. The van der Waals surface area contributed by atoms with Crippen LogP contribution in [-0.4, -0.2) is 19.3 Å². The summed E-state index contributed by atoms with van der Waals surface area (Å²) in [4.78, 5) is 0. The van der Waals surface area contributed by atoms with Crippen molar-refractivity contribution in [2.24, 2.45) is 5.73 Å². The molecular weight excluding hydrogens is 186 g/mol. The van der Waals surface area contributed by atoms with Crippen molar-refractivity contribution < 1.29 is 4.74 Å². The topological polar surface area (TPSA) is 35.2 Å². The Bertz CT molecular complexity index is 248. The van der Waals surface area contributed by atoms with Crippen molar-refractivity contribution in [2.75, 3.05) is 13.2 Å². The van der Waals surface area contributed by atoms with E-state index in [-0.39, 0.29) is 0 Å². The zero-order chi connectivity index (χ0) is 10.9. The summed E-state index contributed by atoms with van der Waals surface area (Å²) in [5.41, 5.74) is 6.78. The van der Waals surface area contributed by atoms with E-state index < -0.39 is 0 Å². The molecule has 1 rings (SSSR count). The van der Waals surface area contributed by atoms with Crippen LogP contribution in [0.3, 0.4) is 0 Å². The highest BCUT2D eigenvalue weighted by molar-refractivity contribution is 5.14. The zero-order valence-electron chi connectivity index (χ0n) is 9.49. The van der Waals surface area contributed by atoms with Crippen LogP contribution in [0.25, 0.3) is 0 Å². The predicted octanol–water partition coefficient (Wildman–Crippen LogP) is 2.37. The minimum absolute atomic E-state index is 0.331. The molecule has 0 aliphatic heterocycles. The maximum atomic E-state index is 5.69. The van der Waals surface area contributed by atoms with Crippen molar-refractivity contribution in [2.45, 2.75) is 32.3 Å². The summed E-state index contributed by atoms with van der Waals surface area (Å²) < 4.78 is 5.69. The molecular formula is C13H21NO. The lowest BCUT2D eigenvalue weighted by Gasteiger charge is -2.12. The number of nitrogens with two attached hydrogens (primary N) is 1. The number of rotatable bonds is 7. The lowest BCUT2D eigenvalue weighted by Crippen LogP contribution is -2.12. The van der Waals surface area contributed by atoms with Gasteiger partial charge in [0.25, 0.3) is 0 Å². The lowest BCUT2D eigenvalue weighted by atomic mass is 10.1. The molecule has 1 atom stereocenters. The quantitative estimate of drug-likeness (QED) is 0.745. The molecule has 2 heteroatoms. The monoisotopic (exact) mass is 207 g/mol. The van der Waals surface area contributed by atoms with Gasteiger partial charge in [-0.25, -0.2) is 0 Å². The Kier molecular flexibility index (Phi) is 6.05. The molecule has 1 unspecified atom stereocenters. The second kappa shape index (κ2) is 7.43. The summed E-state index contributed by atoms with van der Waals surface area (Å²) in [7, 11) is 0. The standard InChI is InChI=1S/C13H21NO/c1-12(6-5-10-14)15-11-9-13-7-3-2-4-8-13/h2-4,7-8,12H,5-6,9-11,14H2,1H3. The summed E-state index contributed by atoms with van der Waals surface area (Å²) in [6.07, 6.45) is 3.43. The second-order valence-corrected chi connectivity index (χ2v) is 3.85. The normalized spacial score (nSPS) is 12.7. The first-order chi connectivity index (χ1) is 7.33. The van der Waals surface area contributed by atoms with Gasteiger partial charge in [-0.2, -0.15) is 0 Å². The van der Waals surface area contributed by atoms with Gasteiger partial charge in [0.15, 0.2) is 0 Å². The molecule has 0 fully saturated rings. The van der Waals surface area contributed by atoms with Crippen LogP contribution in [0.5, 0.6) is 0 Å². The molecule has 0 saturated heterocycles. The third-order valence-corrected chi connectivity index (χ3v) is 2.45. The van der Waals surface area contributed by atoms with Gasteiger partial charge in [-0.1, -0.05) is 30.3 Å². The molecule has 0 radical (unpaired) electrons. The van der Waals surface area contributed by atoms with Crippen LogP contribution in [0.4, 0.5) is 0 Å². The Morgan fingerprint density at radius 1 is 1.27 bits per heavy atom. The molecule has 2 N–H and O–H groups in total. The van der Waals surface area contributed by atoms with Crippen LogP contribution in [0.2, 0.25) is 0 Å². The van der Waals surface area contributed by atoms with E-state index >= 15 is 0 Å². The van der Waals surface area contributed by atoms with Gasteiger partial charge < -0.3 is 10.5 Å². The largest absolute Gasteiger partial charge is 0.378 e. The van der Waals surface area contributed by atoms with Gasteiger partial charge in [0.2, 0.25) is 0 Å². The first-order valence-corrected chi connectivity index (χ1v) is 5.68. The molecule has 0 spiro atoms. The lowest BCUT2D eigenvalue weighted by molar-refractivity contribution is 0.0616. The Morgan fingerprint density at radius 3 is 2.67 bits per heavy atom. The maximum absolute atomic E-state index is 5.69. The molecule has 0 aromatic heterocycles. The van der Waals surface area contributed by atoms with Crippen molar-refractivity contribution in [1.29, 1.82) is 0 Å². The van der Waals surface area contributed by atoms with Crippen LogP contribution in [0, 0.1) is 0 Å². The maximum Gasteiger partial charge on any atom is 0.0547 e. The summed E-state index contributed by atoms with van der Waals surface area (Å²) in [5.74, 6) is 0. The van der Waals surface area contributed by atoms with E-state index in [1.165, 1.54) is 5.56 Å². The van der Waals surface area contributed by atoms with Crippen molar-refractivity contribution in [1.82, 2.24) is 0 Å². The molecule has 1 aromatic carbocycles. The van der Waals surface area contributed by atoms with Gasteiger partial charge in [-0.05, 0) is 38.3 Å². The van der Waals surface area contributed by atoms with E-state index in [1.54, 1.807) is 0 Å². The molecule has 0 aliphatic rings. The second-order valence-electron chi connectivity index (χ2n) is 3.85. The minimum Gasteiger partial charge on any atom is -0.378 e. The van der Waals surface area contributed by atoms with Gasteiger partial charge in [0.1, 0.15) is 0 Å². The molecule has 0 heterocycles. The molecule has 15 heavy (non-hydrogen) atoms. The van der Waals surface area contributed by atoms with E-state index in [0.29, 0.717) is 6.10 Å². The first kappa shape index (κ1) is 12.2. The van der Waals surface area contributed by atoms with Crippen LogP contribution < -0.4 is 5.73 Å². The highest BCUT2D eigenvalue weighted by Gasteiger charge is 2.00. The van der Waals surface area contributed by atoms with E-state index in [0.717, 1.165) is 32.4 Å². The third-order valence-electron chi connectivity index (χ3n) is 2.45. The van der Waals surface area contributed by atoms with Crippen molar-refractivity contribution >= 4 is 0 Å². The van der Waals surface area contributed by atoms with Gasteiger partial charge in [0, 0.05) is 0 Å². The molecule has 84 valence electrons. The average Bonchev–Trinajstić information content (AvgIpc) is 2.28. The molecule has 2 nitrogen and oxygen atoms in total. The Balaban J connectivity index is 2.11. The van der Waals surface area contributed by atoms with Crippen molar-refractivity contribution in [3.05, 3.63) is 35.9 Å². The van der Waals surface area contributed by atoms with E-state index in [9.17, 15) is 0 Å². The van der Waals surface area contributed by atoms with Crippen LogP contribution in [0.15, 0.2) is 30.3 Å². The molecule has 0 aliphatic carbocycles. The van der Waals surface area contributed by atoms with E-state index in [1.807, 2.05) is 6.07 Å². The zero-order valence-corrected chi connectivity index (χ0v) is 9.49. The fraction of sp³-hybridized carbons (Fsp3) is 0.538. The number of hydrogen-bond donors (Lipinski definition) is 1. The minimum atomic E-state index is 0.331. The fourth-order valence-corrected chi connectivity index (χ4v) is 1.51. The van der Waals surface area contributed by atoms with Crippen molar-refractivity contribution in [3.8, 4) is 0 Å². The van der Waals surface area contributed by atoms with E-state index in [2.05, 4.69) is 31.2 Å². The smallest absolute Gasteiger partial charge is 0.0547 e. The summed E-state index contributed by atoms with van der Waals surface area (Å²) in [5, 5.41) is 0. The van der Waals surface area contributed by atoms with Gasteiger partial charge in [-0.3, -0.25) is 0 Å². The van der Waals surface area contributed by atoms with Gasteiger partial charge in [0.05, 0.1) is 12.7 Å². The van der Waals surface area contributed by atoms with Gasteiger partial charge in [-0.15, -0.1) is 0 Å². The van der Waals surface area contributed by atoms with Crippen LogP contribution in [0.1, 0.15) is 25.3 Å². The SMILES string of the molecule is CC(CCCN)OCCc1ccccc1. The number of benzene rings is 1. The highest BCUT2D eigenvalue weighted by Crippen LogP contribution is 2.04. The number of ether oxygens (including phenoxy) is 1. The molecule has 1 aromatic rings. The predicted molar refractivity (Wildman–Crippen MR) is 63.8 cm³/mol. The fourth-order valence-electron chi connectivity index (χ4n) is 1.51. The Hall–Kier alpha value is -0.860. The Morgan fingerprint density at radius 2 is 2.00 bits per heavy atom. The van der Waals surface area contributed by atoms with Crippen LogP contribution in [-0.2, 0) is 11.2 Å². The summed E-state index contributed by atoms with van der Waals surface area (Å²) >= 11 is 0. The van der Waals surface area contributed by atoms with Crippen molar-refractivity contribution in [3.63, 3.8) is 0 Å². The first-order valence-electron chi connectivity index (χ1n) is 5.68. The third kappa shape index (κ3) is 5.55. The van der Waals surface area contributed by atoms with E-state index in [4.69, 9.17) is 10.5 Å². The van der Waals surface area contributed by atoms with Crippen LogP contribution >= 0.6 is 0 Å². The highest BCUT2D eigenvalue weighted by atomic mass is 16.5. The summed E-state index contributed by atoms with van der Waals surface area (Å²) in [6.45, 7) is 3.67. The summed E-state index contributed by atoms with van der Waals surface area (Å²) in [6, 6.07) is 10.4. The molecule has 0 saturated carbocycles. The average molecular weight is 207 g/mol. The Labute approximate surface area is 92.4 Å². The molecule has 0 amide bonds. The molecule has 0 bridgehead atoms.